The molecule has 16 heavy (non-hydrogen) atoms. The van der Waals surface area contributed by atoms with Crippen molar-refractivity contribution in [3.63, 3.8) is 0 Å². The Balaban J connectivity index is 1.96. The van der Waals surface area contributed by atoms with Crippen molar-refractivity contribution >= 4 is 5.97 Å². The summed E-state index contributed by atoms with van der Waals surface area (Å²) in [6, 6.07) is 0. The lowest BCUT2D eigenvalue weighted by Crippen LogP contribution is -2.12. The van der Waals surface area contributed by atoms with Gasteiger partial charge < -0.3 is 9.84 Å². The highest BCUT2D eigenvalue weighted by Crippen LogP contribution is 2.17. The third kappa shape index (κ3) is 4.79. The minimum absolute atomic E-state index is 0.00156. The summed E-state index contributed by atoms with van der Waals surface area (Å²) in [5, 5.41) is 9.31. The molecule has 3 heteroatoms. The third-order valence-corrected chi connectivity index (χ3v) is 3.19. The summed E-state index contributed by atoms with van der Waals surface area (Å²) in [5.41, 5.74) is 0. The van der Waals surface area contributed by atoms with Gasteiger partial charge in [-0.05, 0) is 38.2 Å². The van der Waals surface area contributed by atoms with E-state index in [1.54, 1.807) is 0 Å². The predicted octanol–water partition coefficient (Wildman–Crippen LogP) is 2.44. The zero-order chi connectivity index (χ0) is 12.0. The Labute approximate surface area is 97.5 Å². The van der Waals surface area contributed by atoms with Crippen LogP contribution in [-0.2, 0) is 9.53 Å². The van der Waals surface area contributed by atoms with Crippen LogP contribution in [0.2, 0.25) is 0 Å². The van der Waals surface area contributed by atoms with Gasteiger partial charge in [-0.3, -0.25) is 0 Å². The van der Waals surface area contributed by atoms with Crippen molar-refractivity contribution in [1.82, 2.24) is 0 Å². The Morgan fingerprint density at radius 3 is 2.69 bits per heavy atom. The van der Waals surface area contributed by atoms with E-state index in [1.165, 1.54) is 6.08 Å². The first kappa shape index (κ1) is 13.2. The Morgan fingerprint density at radius 1 is 1.38 bits per heavy atom. The Morgan fingerprint density at radius 2 is 2.12 bits per heavy atom. The molecule has 3 atom stereocenters. The number of unbranched alkanes of at least 4 members (excludes halogenated alkanes) is 2. The zero-order valence-corrected chi connectivity index (χ0v) is 10.2. The van der Waals surface area contributed by atoms with Crippen LogP contribution < -0.4 is 0 Å². The highest BCUT2D eigenvalue weighted by molar-refractivity contribution is 5.84. The quantitative estimate of drug-likeness (QED) is 0.535. The van der Waals surface area contributed by atoms with Crippen LogP contribution in [0.1, 0.15) is 46.0 Å². The molecular weight excluding hydrogens is 204 g/mol. The maximum atomic E-state index is 10.8. The molecule has 0 fully saturated rings. The summed E-state index contributed by atoms with van der Waals surface area (Å²) < 4.78 is 5.04. The molecule has 1 aliphatic rings. The molecule has 1 N–H and O–H groups in total. The highest BCUT2D eigenvalue weighted by Gasteiger charge is 2.15. The van der Waals surface area contributed by atoms with Crippen molar-refractivity contribution < 1.29 is 14.6 Å². The van der Waals surface area contributed by atoms with Crippen LogP contribution in [0.3, 0.4) is 0 Å². The van der Waals surface area contributed by atoms with Gasteiger partial charge in [0.15, 0.2) is 0 Å². The van der Waals surface area contributed by atoms with Crippen LogP contribution >= 0.6 is 0 Å². The van der Waals surface area contributed by atoms with E-state index in [2.05, 4.69) is 6.92 Å². The number of carbonyl (C=O) groups is 1. The molecule has 0 aromatic carbocycles. The summed E-state index contributed by atoms with van der Waals surface area (Å²) in [6.45, 7) is 3.92. The van der Waals surface area contributed by atoms with Crippen LogP contribution in [0.4, 0.5) is 0 Å². The van der Waals surface area contributed by atoms with Crippen molar-refractivity contribution in [3.8, 4) is 0 Å². The van der Waals surface area contributed by atoms with Crippen LogP contribution in [-0.4, -0.2) is 23.3 Å². The third-order valence-electron chi connectivity index (χ3n) is 3.19. The number of carbonyl (C=O) groups excluding carboxylic acids is 1. The number of hydrogen-bond acceptors (Lipinski definition) is 3. The number of aliphatic hydroxyl groups is 1. The molecule has 0 aromatic heterocycles. The van der Waals surface area contributed by atoms with Crippen molar-refractivity contribution in [2.45, 2.75) is 58.2 Å². The molecule has 3 nitrogen and oxygen atoms in total. The van der Waals surface area contributed by atoms with Gasteiger partial charge in [0.1, 0.15) is 6.10 Å². The number of cyclic esters (lactones) is 1. The lowest BCUT2D eigenvalue weighted by molar-refractivity contribution is -0.138. The van der Waals surface area contributed by atoms with Gasteiger partial charge in [0, 0.05) is 6.08 Å². The van der Waals surface area contributed by atoms with Gasteiger partial charge in [-0.15, -0.1) is 0 Å². The largest absolute Gasteiger partial charge is 0.455 e. The lowest BCUT2D eigenvalue weighted by Gasteiger charge is -2.14. The maximum absolute atomic E-state index is 10.8. The minimum Gasteiger partial charge on any atom is -0.455 e. The molecule has 92 valence electrons. The van der Waals surface area contributed by atoms with E-state index < -0.39 is 0 Å². The molecule has 0 amide bonds. The second-order valence-corrected chi connectivity index (χ2v) is 4.69. The molecule has 1 aliphatic heterocycles. The zero-order valence-electron chi connectivity index (χ0n) is 10.2. The average Bonchev–Trinajstić information content (AvgIpc) is 2.63. The summed E-state index contributed by atoms with van der Waals surface area (Å²) in [7, 11) is 0. The number of ether oxygens (including phenoxy) is 1. The van der Waals surface area contributed by atoms with Crippen molar-refractivity contribution in [2.75, 3.05) is 0 Å². The van der Waals surface area contributed by atoms with E-state index in [4.69, 9.17) is 4.74 Å². The Kier molecular flexibility index (Phi) is 5.53. The molecule has 1 rings (SSSR count). The van der Waals surface area contributed by atoms with E-state index in [1.807, 2.05) is 13.0 Å². The first-order valence-corrected chi connectivity index (χ1v) is 6.16. The maximum Gasteiger partial charge on any atom is 0.331 e. The number of hydrogen-bond donors (Lipinski definition) is 1. The average molecular weight is 226 g/mol. The normalized spacial score (nSPS) is 23.2. The van der Waals surface area contributed by atoms with Gasteiger partial charge in [0.25, 0.3) is 0 Å². The fourth-order valence-electron chi connectivity index (χ4n) is 1.80. The van der Waals surface area contributed by atoms with Crippen LogP contribution in [0, 0.1) is 5.92 Å². The van der Waals surface area contributed by atoms with Gasteiger partial charge in [0.05, 0.1) is 6.10 Å². The van der Waals surface area contributed by atoms with Crippen LogP contribution in [0.25, 0.3) is 0 Å². The van der Waals surface area contributed by atoms with E-state index >= 15 is 0 Å². The SMILES string of the molecule is CC(CCCCC[C@H]1C=CC(=O)O1)[C@H](C)O. The molecule has 0 aliphatic carbocycles. The topological polar surface area (TPSA) is 46.5 Å². The number of esters is 1. The van der Waals surface area contributed by atoms with Crippen LogP contribution in [0.15, 0.2) is 12.2 Å². The van der Waals surface area contributed by atoms with Gasteiger partial charge in [-0.2, -0.15) is 0 Å². The van der Waals surface area contributed by atoms with Gasteiger partial charge >= 0.3 is 5.97 Å². The van der Waals surface area contributed by atoms with Crippen LogP contribution in [0.5, 0.6) is 0 Å². The smallest absolute Gasteiger partial charge is 0.331 e. The first-order valence-electron chi connectivity index (χ1n) is 6.16. The molecule has 0 bridgehead atoms. The summed E-state index contributed by atoms with van der Waals surface area (Å²) in [5.74, 6) is 0.164. The lowest BCUT2D eigenvalue weighted by atomic mass is 9.98. The van der Waals surface area contributed by atoms with Gasteiger partial charge in [0.2, 0.25) is 0 Å². The molecule has 1 heterocycles. The standard InChI is InChI=1S/C13H22O3/c1-10(11(2)14)6-4-3-5-7-12-8-9-13(15)16-12/h8-12,14H,3-7H2,1-2H3/t10?,11-,12-/m0/s1. The molecule has 0 aromatic rings. The van der Waals surface area contributed by atoms with Crippen molar-refractivity contribution in [1.29, 1.82) is 0 Å². The second kappa shape index (κ2) is 6.69. The number of aliphatic hydroxyl groups excluding tert-OH is 1. The molecule has 0 saturated carbocycles. The molecule has 0 spiro atoms. The fourth-order valence-corrected chi connectivity index (χ4v) is 1.80. The molecule has 0 saturated heterocycles. The molecule has 0 radical (unpaired) electrons. The fraction of sp³-hybridized carbons (Fsp3) is 0.769. The van der Waals surface area contributed by atoms with Gasteiger partial charge in [-0.25, -0.2) is 4.79 Å². The summed E-state index contributed by atoms with van der Waals surface area (Å²) in [4.78, 5) is 10.8. The minimum atomic E-state index is -0.215. The monoisotopic (exact) mass is 226 g/mol. The molecular formula is C13H22O3. The van der Waals surface area contributed by atoms with Crippen molar-refractivity contribution in [2.24, 2.45) is 5.92 Å². The van der Waals surface area contributed by atoms with E-state index in [0.29, 0.717) is 5.92 Å². The predicted molar refractivity (Wildman–Crippen MR) is 62.9 cm³/mol. The number of rotatable bonds is 7. The highest BCUT2D eigenvalue weighted by atomic mass is 16.5. The Bertz CT molecular complexity index is 246. The molecule has 1 unspecified atom stereocenters. The Hall–Kier alpha value is -0.830. The summed E-state index contributed by atoms with van der Waals surface area (Å²) in [6.07, 6.45) is 8.47. The van der Waals surface area contributed by atoms with Gasteiger partial charge in [-0.1, -0.05) is 19.8 Å². The van der Waals surface area contributed by atoms with E-state index in [-0.39, 0.29) is 18.2 Å². The van der Waals surface area contributed by atoms with E-state index in [0.717, 1.165) is 32.1 Å². The second-order valence-electron chi connectivity index (χ2n) is 4.69. The first-order chi connectivity index (χ1) is 7.59. The van der Waals surface area contributed by atoms with E-state index in [9.17, 15) is 9.90 Å². The van der Waals surface area contributed by atoms with Crippen molar-refractivity contribution in [3.05, 3.63) is 12.2 Å². The summed E-state index contributed by atoms with van der Waals surface area (Å²) >= 11 is 0.